The molecular weight excluding hydrogens is 300 g/mol. The summed E-state index contributed by atoms with van der Waals surface area (Å²) in [4.78, 5) is 23.3. The topological polar surface area (TPSA) is 54.4 Å². The van der Waals surface area contributed by atoms with Gasteiger partial charge in [-0.15, -0.1) is 0 Å². The fourth-order valence-corrected chi connectivity index (χ4v) is 3.48. The average molecular weight is 332 g/mol. The van der Waals surface area contributed by atoms with Crippen molar-refractivity contribution in [3.8, 4) is 0 Å². The van der Waals surface area contributed by atoms with Gasteiger partial charge >= 0.3 is 0 Å². The normalized spacial score (nSPS) is 19.0. The van der Waals surface area contributed by atoms with Crippen LogP contribution in [0.3, 0.4) is 0 Å². The minimum atomic E-state index is -0.445. The van der Waals surface area contributed by atoms with Crippen molar-refractivity contribution in [3.05, 3.63) is 34.4 Å². The maximum atomic E-state index is 11.8. The fourth-order valence-electron chi connectivity index (χ4n) is 3.48. The summed E-state index contributed by atoms with van der Waals surface area (Å²) < 4.78 is 0. The van der Waals surface area contributed by atoms with E-state index in [0.29, 0.717) is 6.42 Å². The molecule has 0 heterocycles. The Balaban J connectivity index is 3.01. The van der Waals surface area contributed by atoms with Crippen LogP contribution in [0, 0.1) is 5.41 Å². The average Bonchev–Trinajstić information content (AvgIpc) is 2.54. The molecule has 0 amide bonds. The first-order chi connectivity index (χ1) is 11.2. The number of rotatable bonds is 8. The molecule has 1 N–H and O–H groups in total. The Hall–Kier alpha value is -1.48. The zero-order chi connectivity index (χ0) is 18.3. The van der Waals surface area contributed by atoms with E-state index in [9.17, 15) is 9.59 Å². The van der Waals surface area contributed by atoms with Crippen LogP contribution in [0.25, 0.3) is 0 Å². The first-order valence-corrected chi connectivity index (χ1v) is 9.02. The molecule has 1 aliphatic carbocycles. The summed E-state index contributed by atoms with van der Waals surface area (Å²) >= 11 is 0. The van der Waals surface area contributed by atoms with Gasteiger partial charge in [0, 0.05) is 6.42 Å². The number of hydrogen-bond acceptors (Lipinski definition) is 3. The quantitative estimate of drug-likeness (QED) is 0.517. The Kier molecular flexibility index (Phi) is 7.82. The van der Waals surface area contributed by atoms with Gasteiger partial charge in [0.25, 0.3) is 0 Å². The highest BCUT2D eigenvalue weighted by atomic mass is 16.3. The molecule has 0 aromatic heterocycles. The minimum absolute atomic E-state index is 0.0941. The monoisotopic (exact) mass is 332 g/mol. The van der Waals surface area contributed by atoms with Crippen LogP contribution in [0.2, 0.25) is 0 Å². The number of ketones is 2. The highest BCUT2D eigenvalue weighted by molar-refractivity contribution is 5.92. The molecule has 0 aliphatic heterocycles. The van der Waals surface area contributed by atoms with Gasteiger partial charge in [0.2, 0.25) is 0 Å². The van der Waals surface area contributed by atoms with Gasteiger partial charge in [0.1, 0.15) is 6.61 Å². The second-order valence-electron chi connectivity index (χ2n) is 7.26. The molecule has 3 nitrogen and oxygen atoms in total. The molecule has 1 rings (SSSR count). The molecule has 24 heavy (non-hydrogen) atoms. The van der Waals surface area contributed by atoms with Gasteiger partial charge in [-0.2, -0.15) is 0 Å². The van der Waals surface area contributed by atoms with E-state index in [-0.39, 0.29) is 17.0 Å². The van der Waals surface area contributed by atoms with Crippen molar-refractivity contribution in [3.63, 3.8) is 0 Å². The third-order valence-electron chi connectivity index (χ3n) is 5.11. The van der Waals surface area contributed by atoms with Crippen molar-refractivity contribution >= 4 is 11.6 Å². The molecule has 0 fully saturated rings. The van der Waals surface area contributed by atoms with Crippen LogP contribution in [-0.4, -0.2) is 23.3 Å². The number of allylic oxidation sites excluding steroid dienone is 5. The zero-order valence-electron chi connectivity index (χ0n) is 15.9. The Labute approximate surface area is 146 Å². The molecule has 0 saturated carbocycles. The van der Waals surface area contributed by atoms with E-state index in [4.69, 9.17) is 5.11 Å². The lowest BCUT2D eigenvalue weighted by Gasteiger charge is -2.31. The summed E-state index contributed by atoms with van der Waals surface area (Å²) in [5.41, 5.74) is 4.83. The lowest BCUT2D eigenvalue weighted by Crippen LogP contribution is -2.22. The molecule has 1 aliphatic rings. The Morgan fingerprint density at radius 1 is 1.29 bits per heavy atom. The van der Waals surface area contributed by atoms with Crippen molar-refractivity contribution in [2.24, 2.45) is 5.41 Å². The number of hydrogen-bond donors (Lipinski definition) is 1. The molecule has 0 spiro atoms. The fraction of sp³-hybridized carbons (Fsp3) is 0.619. The van der Waals surface area contributed by atoms with Gasteiger partial charge in [-0.05, 0) is 67.7 Å². The molecule has 3 heteroatoms. The summed E-state index contributed by atoms with van der Waals surface area (Å²) in [7, 11) is 0. The Bertz CT molecular complexity index is 574. The molecule has 0 aromatic carbocycles. The van der Waals surface area contributed by atoms with Crippen LogP contribution >= 0.6 is 0 Å². The third-order valence-corrected chi connectivity index (χ3v) is 5.11. The predicted octanol–water partition coefficient (Wildman–Crippen LogP) is 4.71. The predicted molar refractivity (Wildman–Crippen MR) is 98.8 cm³/mol. The van der Waals surface area contributed by atoms with Gasteiger partial charge in [-0.25, -0.2) is 0 Å². The van der Waals surface area contributed by atoms with Crippen LogP contribution in [0.5, 0.6) is 0 Å². The largest absolute Gasteiger partial charge is 0.388 e. The molecular formula is C21H32O3. The number of carbonyl (C=O) groups is 2. The smallest absolute Gasteiger partial charge is 0.181 e. The molecule has 0 radical (unpaired) electrons. The van der Waals surface area contributed by atoms with Crippen molar-refractivity contribution in [2.75, 3.05) is 6.61 Å². The van der Waals surface area contributed by atoms with E-state index >= 15 is 0 Å². The minimum Gasteiger partial charge on any atom is -0.388 e. The van der Waals surface area contributed by atoms with E-state index in [1.54, 1.807) is 6.08 Å². The summed E-state index contributed by atoms with van der Waals surface area (Å²) in [5, 5.41) is 8.94. The van der Waals surface area contributed by atoms with Crippen LogP contribution in [0.4, 0.5) is 0 Å². The maximum Gasteiger partial charge on any atom is 0.181 e. The van der Waals surface area contributed by atoms with Gasteiger partial charge in [-0.3, -0.25) is 9.59 Å². The summed E-state index contributed by atoms with van der Waals surface area (Å²) in [5.74, 6) is -0.0118. The summed E-state index contributed by atoms with van der Waals surface area (Å²) in [6.07, 6.45) is 8.58. The molecule has 0 saturated heterocycles. The molecule has 0 aromatic rings. The van der Waals surface area contributed by atoms with Crippen molar-refractivity contribution in [2.45, 2.75) is 73.1 Å². The van der Waals surface area contributed by atoms with E-state index in [2.05, 4.69) is 27.7 Å². The summed E-state index contributed by atoms with van der Waals surface area (Å²) in [6.45, 7) is 10.2. The summed E-state index contributed by atoms with van der Waals surface area (Å²) in [6, 6.07) is 0. The molecule has 134 valence electrons. The van der Waals surface area contributed by atoms with E-state index < -0.39 is 6.61 Å². The first-order valence-electron chi connectivity index (χ1n) is 9.02. The van der Waals surface area contributed by atoms with Crippen LogP contribution < -0.4 is 0 Å². The first kappa shape index (κ1) is 20.6. The van der Waals surface area contributed by atoms with Crippen LogP contribution in [0.15, 0.2) is 34.4 Å². The lowest BCUT2D eigenvalue weighted by molar-refractivity contribution is -0.117. The number of aliphatic hydroxyl groups excluding tert-OH is 1. The van der Waals surface area contributed by atoms with Gasteiger partial charge in [0.15, 0.2) is 11.6 Å². The highest BCUT2D eigenvalue weighted by Gasteiger charge is 2.28. The van der Waals surface area contributed by atoms with E-state index in [1.807, 2.05) is 13.0 Å². The Morgan fingerprint density at radius 2 is 1.96 bits per heavy atom. The molecule has 0 bridgehead atoms. The maximum absolute atomic E-state index is 11.8. The van der Waals surface area contributed by atoms with E-state index in [1.165, 1.54) is 16.7 Å². The second-order valence-corrected chi connectivity index (χ2v) is 7.26. The number of carbonyl (C=O) groups excluding carboxylic acids is 2. The molecule has 0 unspecified atom stereocenters. The lowest BCUT2D eigenvalue weighted by atomic mass is 9.73. The van der Waals surface area contributed by atoms with Crippen LogP contribution in [0.1, 0.15) is 73.1 Å². The SMILES string of the molecule is CC/C(CCC1=CC(=O)CCC1(C)C)=C(CC)\C(C)=C\C(=O)CO. The van der Waals surface area contributed by atoms with Gasteiger partial charge in [-0.1, -0.05) is 38.8 Å². The van der Waals surface area contributed by atoms with Crippen LogP contribution in [-0.2, 0) is 9.59 Å². The standard InChI is InChI=1S/C21H32O3/c1-6-16(20(7-2)15(3)12-19(24)14-22)8-9-17-13-18(23)10-11-21(17,4)5/h12-13,22H,6-11,14H2,1-5H3/b15-12+,20-16+. The molecule has 0 atom stereocenters. The number of aliphatic hydroxyl groups is 1. The third kappa shape index (κ3) is 5.55. The van der Waals surface area contributed by atoms with Crippen molar-refractivity contribution < 1.29 is 14.7 Å². The van der Waals surface area contributed by atoms with Crippen molar-refractivity contribution in [1.82, 2.24) is 0 Å². The van der Waals surface area contributed by atoms with Crippen molar-refractivity contribution in [1.29, 1.82) is 0 Å². The highest BCUT2D eigenvalue weighted by Crippen LogP contribution is 2.39. The van der Waals surface area contributed by atoms with E-state index in [0.717, 1.165) is 37.7 Å². The zero-order valence-corrected chi connectivity index (χ0v) is 15.9. The van der Waals surface area contributed by atoms with Gasteiger partial charge in [0.05, 0.1) is 0 Å². The second kappa shape index (κ2) is 9.12. The Morgan fingerprint density at radius 3 is 2.50 bits per heavy atom. The van der Waals surface area contributed by atoms with Gasteiger partial charge < -0.3 is 5.11 Å².